The molecule has 100 valence electrons. The zero-order chi connectivity index (χ0) is 13.8. The summed E-state index contributed by atoms with van der Waals surface area (Å²) in [7, 11) is 0. The van der Waals surface area contributed by atoms with E-state index in [1.54, 1.807) is 25.1 Å². The molecule has 0 aliphatic heterocycles. The maximum Gasteiger partial charge on any atom is 0.400 e. The molecule has 0 bridgehead atoms. The Kier molecular flexibility index (Phi) is 4.06. The summed E-state index contributed by atoms with van der Waals surface area (Å²) < 4.78 is 15.9. The second kappa shape index (κ2) is 5.75. The van der Waals surface area contributed by atoms with E-state index in [1.807, 2.05) is 0 Å². The summed E-state index contributed by atoms with van der Waals surface area (Å²) in [5.41, 5.74) is 6.23. The largest absolute Gasteiger partial charge is 0.461 e. The lowest BCUT2D eigenvalue weighted by atomic mass is 10.3. The van der Waals surface area contributed by atoms with Crippen LogP contribution in [0.15, 0.2) is 33.4 Å². The molecule has 0 unspecified atom stereocenters. The van der Waals surface area contributed by atoms with Gasteiger partial charge in [-0.25, -0.2) is 4.79 Å². The molecule has 2 rings (SSSR count). The summed E-state index contributed by atoms with van der Waals surface area (Å²) in [6.45, 7) is 1.97. The molecule has 1 aromatic heterocycles. The Bertz CT molecular complexity index is 577. The molecule has 0 aliphatic carbocycles. The predicted octanol–water partition coefficient (Wildman–Crippen LogP) is 2.99. The number of halogens is 1. The van der Waals surface area contributed by atoms with Crippen LogP contribution in [0.2, 0.25) is 0 Å². The van der Waals surface area contributed by atoms with Gasteiger partial charge >= 0.3 is 12.0 Å². The maximum atomic E-state index is 11.4. The summed E-state index contributed by atoms with van der Waals surface area (Å²) in [6.07, 6.45) is 1.09. The van der Waals surface area contributed by atoms with E-state index in [0.29, 0.717) is 15.9 Å². The summed E-state index contributed by atoms with van der Waals surface area (Å²) in [5, 5.41) is 0. The van der Waals surface area contributed by atoms with E-state index in [-0.39, 0.29) is 18.4 Å². The first-order valence-corrected chi connectivity index (χ1v) is 6.25. The Morgan fingerprint density at radius 2 is 2.32 bits per heavy atom. The van der Waals surface area contributed by atoms with Crippen molar-refractivity contribution in [2.24, 2.45) is 0 Å². The Labute approximate surface area is 117 Å². The molecular weight excluding hydrogens is 316 g/mol. The Hall–Kier alpha value is -2.02. The van der Waals surface area contributed by atoms with Crippen LogP contribution in [0.25, 0.3) is 0 Å². The van der Waals surface area contributed by atoms with Crippen LogP contribution in [0.3, 0.4) is 0 Å². The van der Waals surface area contributed by atoms with Gasteiger partial charge in [0.05, 0.1) is 16.8 Å². The molecule has 2 aromatic rings. The molecule has 6 nitrogen and oxygen atoms in total. The third kappa shape index (κ3) is 3.05. The molecule has 0 radical (unpaired) electrons. The average molecular weight is 327 g/mol. The lowest BCUT2D eigenvalue weighted by Crippen LogP contribution is -2.04. The van der Waals surface area contributed by atoms with Crippen molar-refractivity contribution in [3.63, 3.8) is 0 Å². The van der Waals surface area contributed by atoms with Crippen LogP contribution in [0.5, 0.6) is 11.8 Å². The molecule has 0 amide bonds. The number of para-hydroxylation sites is 1. The first-order chi connectivity index (χ1) is 9.11. The van der Waals surface area contributed by atoms with Crippen LogP contribution in [0.1, 0.15) is 17.4 Å². The fourth-order valence-electron chi connectivity index (χ4n) is 1.32. The van der Waals surface area contributed by atoms with Crippen molar-refractivity contribution in [3.05, 3.63) is 34.6 Å². The van der Waals surface area contributed by atoms with E-state index in [2.05, 4.69) is 20.9 Å². The van der Waals surface area contributed by atoms with E-state index in [0.717, 1.165) is 0 Å². The smallest absolute Gasteiger partial charge is 0.400 e. The Balaban J connectivity index is 2.18. The van der Waals surface area contributed by atoms with Crippen LogP contribution in [-0.4, -0.2) is 17.6 Å². The standard InChI is InChI=1S/C12H11BrN2O4/c1-2-17-11(16)9-6-18-12(15-9)19-10-7(13)4-3-5-8(10)14/h3-6H,2,14H2,1H3. The summed E-state index contributed by atoms with van der Waals surface area (Å²) >= 11 is 3.30. The van der Waals surface area contributed by atoms with Gasteiger partial charge in [0.25, 0.3) is 0 Å². The number of oxazole rings is 1. The number of nitrogens with two attached hydrogens (primary N) is 1. The van der Waals surface area contributed by atoms with Crippen molar-refractivity contribution in [1.29, 1.82) is 0 Å². The number of nitrogen functional groups attached to an aromatic ring is 1. The van der Waals surface area contributed by atoms with Crippen LogP contribution in [-0.2, 0) is 4.74 Å². The monoisotopic (exact) mass is 326 g/mol. The van der Waals surface area contributed by atoms with Crippen molar-refractivity contribution < 1.29 is 18.7 Å². The van der Waals surface area contributed by atoms with Crippen molar-refractivity contribution >= 4 is 27.6 Å². The highest BCUT2D eigenvalue weighted by Crippen LogP contribution is 2.34. The minimum Gasteiger partial charge on any atom is -0.461 e. The van der Waals surface area contributed by atoms with E-state index in [9.17, 15) is 4.79 Å². The number of aromatic nitrogens is 1. The fraction of sp³-hybridized carbons (Fsp3) is 0.167. The number of benzene rings is 1. The minimum atomic E-state index is -0.568. The number of carbonyl (C=O) groups excluding carboxylic acids is 1. The molecule has 2 N–H and O–H groups in total. The molecule has 0 spiro atoms. The molecule has 1 heterocycles. The van der Waals surface area contributed by atoms with Crippen molar-refractivity contribution in [2.75, 3.05) is 12.3 Å². The molecule has 7 heteroatoms. The van der Waals surface area contributed by atoms with Crippen LogP contribution >= 0.6 is 15.9 Å². The topological polar surface area (TPSA) is 87.6 Å². The van der Waals surface area contributed by atoms with Crippen molar-refractivity contribution in [1.82, 2.24) is 4.98 Å². The fourth-order valence-corrected chi connectivity index (χ4v) is 1.79. The molecule has 0 fully saturated rings. The summed E-state index contributed by atoms with van der Waals surface area (Å²) in [5.74, 6) is -0.194. The highest BCUT2D eigenvalue weighted by Gasteiger charge is 2.16. The number of nitrogens with zero attached hydrogens (tertiary/aromatic N) is 1. The highest BCUT2D eigenvalue weighted by molar-refractivity contribution is 9.10. The molecule has 1 aromatic carbocycles. The first kappa shape index (κ1) is 13.4. The number of carbonyl (C=O) groups is 1. The van der Waals surface area contributed by atoms with Gasteiger partial charge in [0.15, 0.2) is 11.4 Å². The van der Waals surface area contributed by atoms with Gasteiger partial charge in [0.2, 0.25) is 0 Å². The maximum absolute atomic E-state index is 11.4. The molecular formula is C12H11BrN2O4. The number of esters is 1. The average Bonchev–Trinajstić information content (AvgIpc) is 2.83. The van der Waals surface area contributed by atoms with Gasteiger partial charge in [0, 0.05) is 0 Å². The Morgan fingerprint density at radius 1 is 1.53 bits per heavy atom. The van der Waals surface area contributed by atoms with Gasteiger partial charge < -0.3 is 19.6 Å². The summed E-state index contributed by atoms with van der Waals surface area (Å²) in [6, 6.07) is 5.21. The number of hydrogen-bond acceptors (Lipinski definition) is 6. The number of ether oxygens (including phenoxy) is 2. The Morgan fingerprint density at radius 3 is 3.00 bits per heavy atom. The van der Waals surface area contributed by atoms with Gasteiger partial charge in [-0.1, -0.05) is 6.07 Å². The van der Waals surface area contributed by atoms with Crippen LogP contribution in [0, 0.1) is 0 Å². The van der Waals surface area contributed by atoms with Gasteiger partial charge in [-0.05, 0) is 35.0 Å². The molecule has 0 aliphatic rings. The SMILES string of the molecule is CCOC(=O)c1coc(Oc2c(N)cccc2Br)n1. The lowest BCUT2D eigenvalue weighted by molar-refractivity contribution is 0.0519. The van der Waals surface area contributed by atoms with E-state index >= 15 is 0 Å². The predicted molar refractivity (Wildman–Crippen MR) is 71.1 cm³/mol. The number of anilines is 1. The van der Waals surface area contributed by atoms with Gasteiger partial charge in [0.1, 0.15) is 6.26 Å². The highest BCUT2D eigenvalue weighted by atomic mass is 79.9. The number of hydrogen-bond donors (Lipinski definition) is 1. The molecule has 19 heavy (non-hydrogen) atoms. The molecule has 0 atom stereocenters. The third-order valence-electron chi connectivity index (χ3n) is 2.15. The number of rotatable bonds is 4. The van der Waals surface area contributed by atoms with E-state index in [1.165, 1.54) is 6.26 Å². The zero-order valence-electron chi connectivity index (χ0n) is 10.1. The molecule has 0 saturated heterocycles. The third-order valence-corrected chi connectivity index (χ3v) is 2.78. The second-order valence-electron chi connectivity index (χ2n) is 3.48. The quantitative estimate of drug-likeness (QED) is 0.686. The normalized spacial score (nSPS) is 10.2. The van der Waals surface area contributed by atoms with Crippen LogP contribution < -0.4 is 10.5 Å². The van der Waals surface area contributed by atoms with Crippen LogP contribution in [0.4, 0.5) is 5.69 Å². The van der Waals surface area contributed by atoms with Gasteiger partial charge in [-0.15, -0.1) is 0 Å². The zero-order valence-corrected chi connectivity index (χ0v) is 11.6. The van der Waals surface area contributed by atoms with Crippen molar-refractivity contribution in [2.45, 2.75) is 6.92 Å². The minimum absolute atomic E-state index is 0.0440. The summed E-state index contributed by atoms with van der Waals surface area (Å²) in [4.78, 5) is 15.3. The lowest BCUT2D eigenvalue weighted by Gasteiger charge is -2.06. The van der Waals surface area contributed by atoms with Crippen molar-refractivity contribution in [3.8, 4) is 11.8 Å². The first-order valence-electron chi connectivity index (χ1n) is 5.46. The van der Waals surface area contributed by atoms with E-state index in [4.69, 9.17) is 19.6 Å². The van der Waals surface area contributed by atoms with Gasteiger partial charge in [-0.2, -0.15) is 4.98 Å². The second-order valence-corrected chi connectivity index (χ2v) is 4.33. The molecule has 0 saturated carbocycles. The van der Waals surface area contributed by atoms with E-state index < -0.39 is 5.97 Å². The van der Waals surface area contributed by atoms with Gasteiger partial charge in [-0.3, -0.25) is 0 Å².